The van der Waals surface area contributed by atoms with E-state index in [1.165, 1.54) is 0 Å². The molecule has 7 nitrogen and oxygen atoms in total. The van der Waals surface area contributed by atoms with Crippen molar-refractivity contribution in [1.82, 2.24) is 20.0 Å². The van der Waals surface area contributed by atoms with E-state index < -0.39 is 0 Å². The van der Waals surface area contributed by atoms with Gasteiger partial charge in [-0.1, -0.05) is 35.0 Å². The van der Waals surface area contributed by atoms with Crippen molar-refractivity contribution in [3.63, 3.8) is 0 Å². The zero-order valence-electron chi connectivity index (χ0n) is 19.4. The third-order valence-corrected chi connectivity index (χ3v) is 6.94. The van der Waals surface area contributed by atoms with E-state index in [9.17, 15) is 4.79 Å². The standard InChI is InChI=1S/C26H28ClN5O2/c1-17(2)31-13-11-21(12-14-31)28-26(33)23-15-19-5-3-4-6-22(19)32(23)16-24-29-25(30-34-24)18-7-9-20(27)10-8-18/h3-10,15,17,21H,11-14,16H2,1-2H3,(H,28,33)/p+1. The average Bonchev–Trinajstić information content (AvgIpc) is 3.45. The Morgan fingerprint density at radius 3 is 2.65 bits per heavy atom. The molecule has 8 heteroatoms. The third kappa shape index (κ3) is 4.72. The number of likely N-dealkylation sites (tertiary alicyclic amines) is 1. The maximum atomic E-state index is 13.3. The molecule has 0 spiro atoms. The van der Waals surface area contributed by atoms with Crippen LogP contribution in [0.1, 0.15) is 43.1 Å². The number of halogens is 1. The number of hydrogen-bond donors (Lipinski definition) is 2. The monoisotopic (exact) mass is 478 g/mol. The average molecular weight is 479 g/mol. The number of nitrogens with zero attached hydrogens (tertiary/aromatic N) is 3. The van der Waals surface area contributed by atoms with E-state index >= 15 is 0 Å². The number of fused-ring (bicyclic) bond motifs is 1. The van der Waals surface area contributed by atoms with E-state index in [1.54, 1.807) is 17.0 Å². The van der Waals surface area contributed by atoms with E-state index in [0.717, 1.165) is 42.4 Å². The molecule has 1 amide bonds. The van der Waals surface area contributed by atoms with Gasteiger partial charge in [0.15, 0.2) is 0 Å². The van der Waals surface area contributed by atoms with Gasteiger partial charge in [-0.3, -0.25) is 4.79 Å². The number of aromatic nitrogens is 3. The molecule has 2 N–H and O–H groups in total. The summed E-state index contributed by atoms with van der Waals surface area (Å²) < 4.78 is 7.50. The first-order chi connectivity index (χ1) is 16.5. The zero-order chi connectivity index (χ0) is 23.7. The molecular weight excluding hydrogens is 450 g/mol. The number of amides is 1. The first-order valence-corrected chi connectivity index (χ1v) is 12.2. The molecule has 3 heterocycles. The molecule has 0 saturated carbocycles. The quantitative estimate of drug-likeness (QED) is 0.444. The highest BCUT2D eigenvalue weighted by Gasteiger charge is 2.26. The molecule has 34 heavy (non-hydrogen) atoms. The fourth-order valence-electron chi connectivity index (χ4n) is 4.71. The largest absolute Gasteiger partial charge is 0.348 e. The summed E-state index contributed by atoms with van der Waals surface area (Å²) in [6.07, 6.45) is 1.99. The number of hydrogen-bond acceptors (Lipinski definition) is 4. The van der Waals surface area contributed by atoms with Crippen LogP contribution in [0.2, 0.25) is 5.02 Å². The van der Waals surface area contributed by atoms with Gasteiger partial charge < -0.3 is 19.3 Å². The maximum Gasteiger partial charge on any atom is 0.268 e. The number of piperidine rings is 1. The Hall–Kier alpha value is -3.16. The van der Waals surface area contributed by atoms with Crippen molar-refractivity contribution in [2.24, 2.45) is 0 Å². The second-order valence-corrected chi connectivity index (χ2v) is 9.69. The first kappa shape index (κ1) is 22.6. The minimum absolute atomic E-state index is 0.0633. The van der Waals surface area contributed by atoms with Crippen molar-refractivity contribution < 1.29 is 14.2 Å². The van der Waals surface area contributed by atoms with Crippen LogP contribution in [0.15, 0.2) is 59.1 Å². The minimum Gasteiger partial charge on any atom is -0.348 e. The van der Waals surface area contributed by atoms with Crippen LogP contribution in [0.3, 0.4) is 0 Å². The molecule has 0 unspecified atom stereocenters. The lowest BCUT2D eigenvalue weighted by molar-refractivity contribution is -0.926. The van der Waals surface area contributed by atoms with Gasteiger partial charge >= 0.3 is 0 Å². The van der Waals surface area contributed by atoms with Crippen LogP contribution in [0.25, 0.3) is 22.3 Å². The Morgan fingerprint density at radius 2 is 1.91 bits per heavy atom. The molecular formula is C26H29ClN5O2+. The van der Waals surface area contributed by atoms with E-state index in [4.69, 9.17) is 16.1 Å². The lowest BCUT2D eigenvalue weighted by atomic mass is 10.0. The van der Waals surface area contributed by atoms with Gasteiger partial charge in [-0.05, 0) is 50.2 Å². The summed E-state index contributed by atoms with van der Waals surface area (Å²) in [5.41, 5.74) is 2.38. The summed E-state index contributed by atoms with van der Waals surface area (Å²) in [6, 6.07) is 18.0. The predicted molar refractivity (Wildman–Crippen MR) is 132 cm³/mol. The minimum atomic E-state index is -0.0633. The van der Waals surface area contributed by atoms with Crippen LogP contribution < -0.4 is 10.2 Å². The number of rotatable bonds is 6. The van der Waals surface area contributed by atoms with Crippen molar-refractivity contribution in [3.8, 4) is 11.4 Å². The number of quaternary nitrogens is 1. The molecule has 0 radical (unpaired) electrons. The molecule has 1 aliphatic rings. The topological polar surface area (TPSA) is 77.4 Å². The molecule has 2 aromatic carbocycles. The normalized spacial score (nSPS) is 18.5. The van der Waals surface area contributed by atoms with Crippen molar-refractivity contribution in [2.75, 3.05) is 13.1 Å². The zero-order valence-corrected chi connectivity index (χ0v) is 20.2. The Kier molecular flexibility index (Phi) is 6.39. The smallest absolute Gasteiger partial charge is 0.268 e. The highest BCUT2D eigenvalue weighted by atomic mass is 35.5. The molecule has 0 bridgehead atoms. The number of nitrogens with one attached hydrogen (secondary N) is 2. The van der Waals surface area contributed by atoms with E-state index in [1.807, 2.05) is 47.0 Å². The molecule has 1 saturated heterocycles. The van der Waals surface area contributed by atoms with Crippen molar-refractivity contribution >= 4 is 28.4 Å². The lowest BCUT2D eigenvalue weighted by Gasteiger charge is -2.32. The Morgan fingerprint density at radius 1 is 1.18 bits per heavy atom. The summed E-state index contributed by atoms with van der Waals surface area (Å²) in [5.74, 6) is 0.870. The summed E-state index contributed by atoms with van der Waals surface area (Å²) in [4.78, 5) is 19.5. The molecule has 4 aromatic rings. The van der Waals surface area contributed by atoms with Crippen LogP contribution >= 0.6 is 11.6 Å². The van der Waals surface area contributed by atoms with Gasteiger partial charge in [-0.2, -0.15) is 4.98 Å². The molecule has 1 fully saturated rings. The molecule has 5 rings (SSSR count). The predicted octanol–water partition coefficient (Wildman–Crippen LogP) is 3.58. The summed E-state index contributed by atoms with van der Waals surface area (Å²) in [6.45, 7) is 6.99. The number of benzene rings is 2. The Bertz CT molecular complexity index is 1290. The SMILES string of the molecule is CC(C)[NH+]1CCC(NC(=O)c2cc3ccccc3n2Cc2nc(-c3ccc(Cl)cc3)no2)CC1. The molecule has 0 atom stereocenters. The van der Waals surface area contributed by atoms with Crippen molar-refractivity contribution in [3.05, 3.63) is 71.2 Å². The highest BCUT2D eigenvalue weighted by molar-refractivity contribution is 6.30. The molecule has 2 aromatic heterocycles. The molecule has 176 valence electrons. The van der Waals surface area contributed by atoms with Crippen molar-refractivity contribution in [2.45, 2.75) is 45.3 Å². The van der Waals surface area contributed by atoms with Crippen LogP contribution in [-0.4, -0.2) is 45.8 Å². The second-order valence-electron chi connectivity index (χ2n) is 9.25. The maximum absolute atomic E-state index is 13.3. The summed E-state index contributed by atoms with van der Waals surface area (Å²) in [5, 5.41) is 9.04. The van der Waals surface area contributed by atoms with Gasteiger partial charge in [-0.25, -0.2) is 0 Å². The van der Waals surface area contributed by atoms with Gasteiger partial charge in [0.05, 0.1) is 19.1 Å². The van der Waals surface area contributed by atoms with E-state index in [2.05, 4.69) is 29.3 Å². The number of carbonyl (C=O) groups excluding carboxylic acids is 1. The first-order valence-electron chi connectivity index (χ1n) is 11.8. The van der Waals surface area contributed by atoms with E-state index in [0.29, 0.717) is 35.0 Å². The lowest BCUT2D eigenvalue weighted by Crippen LogP contribution is -3.16. The van der Waals surface area contributed by atoms with Gasteiger partial charge in [-0.15, -0.1) is 0 Å². The van der Waals surface area contributed by atoms with E-state index in [-0.39, 0.29) is 11.9 Å². The van der Waals surface area contributed by atoms with Crippen molar-refractivity contribution in [1.29, 1.82) is 0 Å². The van der Waals surface area contributed by atoms with Gasteiger partial charge in [0.25, 0.3) is 5.91 Å². The van der Waals surface area contributed by atoms with Crippen LogP contribution in [-0.2, 0) is 6.54 Å². The number of para-hydroxylation sites is 1. The fourth-order valence-corrected chi connectivity index (χ4v) is 4.84. The Labute approximate surface area is 203 Å². The van der Waals surface area contributed by atoms with Gasteiger partial charge in [0, 0.05) is 40.4 Å². The second kappa shape index (κ2) is 9.60. The summed E-state index contributed by atoms with van der Waals surface area (Å²) >= 11 is 5.99. The van der Waals surface area contributed by atoms with Crippen LogP contribution in [0.5, 0.6) is 0 Å². The Balaban J connectivity index is 1.37. The molecule has 0 aliphatic carbocycles. The van der Waals surface area contributed by atoms with Gasteiger partial charge in [0.2, 0.25) is 11.7 Å². The number of carbonyl (C=O) groups is 1. The highest BCUT2D eigenvalue weighted by Crippen LogP contribution is 2.23. The van der Waals surface area contributed by atoms with Crippen LogP contribution in [0.4, 0.5) is 0 Å². The fraction of sp³-hybridized carbons (Fsp3) is 0.346. The summed E-state index contributed by atoms with van der Waals surface area (Å²) in [7, 11) is 0. The van der Waals surface area contributed by atoms with Gasteiger partial charge in [0.1, 0.15) is 12.2 Å². The van der Waals surface area contributed by atoms with Crippen LogP contribution in [0, 0.1) is 0 Å². The third-order valence-electron chi connectivity index (χ3n) is 6.69. The molecule has 1 aliphatic heterocycles.